The molecule has 8 heteroatoms. The molecule has 3 aromatic rings. The van der Waals surface area contributed by atoms with E-state index in [1.165, 1.54) is 0 Å². The first-order valence-electron chi connectivity index (χ1n) is 9.22. The highest BCUT2D eigenvalue weighted by Gasteiger charge is 2.28. The van der Waals surface area contributed by atoms with E-state index in [9.17, 15) is 4.79 Å². The van der Waals surface area contributed by atoms with Crippen LogP contribution < -0.4 is 0 Å². The van der Waals surface area contributed by atoms with Gasteiger partial charge in [0.05, 0.1) is 25.4 Å². The van der Waals surface area contributed by atoms with E-state index < -0.39 is 0 Å². The van der Waals surface area contributed by atoms with Crippen LogP contribution in [0.5, 0.6) is 0 Å². The summed E-state index contributed by atoms with van der Waals surface area (Å²) in [5.41, 5.74) is 0.972. The maximum Gasteiger partial charge on any atom is 0.289 e. The van der Waals surface area contributed by atoms with Crippen LogP contribution >= 0.6 is 0 Å². The number of aromatic nitrogens is 4. The fourth-order valence-electron chi connectivity index (χ4n) is 3.51. The van der Waals surface area contributed by atoms with Crippen molar-refractivity contribution in [1.29, 1.82) is 0 Å². The molecule has 0 bridgehead atoms. The number of aliphatic hydroxyl groups excluding tert-OH is 1. The van der Waals surface area contributed by atoms with Crippen molar-refractivity contribution in [2.75, 3.05) is 19.7 Å². The van der Waals surface area contributed by atoms with Crippen LogP contribution in [0.3, 0.4) is 0 Å². The lowest BCUT2D eigenvalue weighted by atomic mass is 9.95. The van der Waals surface area contributed by atoms with E-state index >= 15 is 0 Å². The van der Waals surface area contributed by atoms with Crippen molar-refractivity contribution in [2.24, 2.45) is 0 Å². The standard InChI is InChI=1S/C19H23N5O3/c25-12-11-23-10-6-17(21-23)15-3-1-8-22(13-15)19(26)18-5-4-16(27-18)14-24-9-2-7-20-24/h2,4-7,9-10,15,25H,1,3,8,11-14H2. The highest BCUT2D eigenvalue weighted by Crippen LogP contribution is 2.27. The third kappa shape index (κ3) is 3.95. The first kappa shape index (κ1) is 17.5. The second-order valence-electron chi connectivity index (χ2n) is 6.79. The SMILES string of the molecule is O=C(c1ccc(Cn2cccn2)o1)N1CCCC(c2ccn(CCO)n2)C1. The molecule has 0 aromatic carbocycles. The number of carbonyl (C=O) groups excluding carboxylic acids is 1. The Morgan fingerprint density at radius 1 is 1.26 bits per heavy atom. The molecule has 0 saturated carbocycles. The van der Waals surface area contributed by atoms with Crippen molar-refractivity contribution in [1.82, 2.24) is 24.5 Å². The highest BCUT2D eigenvalue weighted by atomic mass is 16.4. The lowest BCUT2D eigenvalue weighted by molar-refractivity contribution is 0.0671. The van der Waals surface area contributed by atoms with Gasteiger partial charge in [0.25, 0.3) is 5.91 Å². The van der Waals surface area contributed by atoms with Crippen molar-refractivity contribution < 1.29 is 14.3 Å². The summed E-state index contributed by atoms with van der Waals surface area (Å²) in [5.74, 6) is 1.20. The van der Waals surface area contributed by atoms with E-state index in [4.69, 9.17) is 9.52 Å². The predicted molar refractivity (Wildman–Crippen MR) is 97.2 cm³/mol. The summed E-state index contributed by atoms with van der Waals surface area (Å²) in [6.07, 6.45) is 7.38. The Morgan fingerprint density at radius 3 is 3.00 bits per heavy atom. The van der Waals surface area contributed by atoms with Gasteiger partial charge in [-0.25, -0.2) is 0 Å². The van der Waals surface area contributed by atoms with E-state index in [0.717, 1.165) is 25.1 Å². The summed E-state index contributed by atoms with van der Waals surface area (Å²) >= 11 is 0. The molecular formula is C19H23N5O3. The summed E-state index contributed by atoms with van der Waals surface area (Å²) in [6, 6.07) is 7.39. The quantitative estimate of drug-likeness (QED) is 0.715. The molecule has 1 aliphatic rings. The largest absolute Gasteiger partial charge is 0.454 e. The number of hydrogen-bond donors (Lipinski definition) is 1. The van der Waals surface area contributed by atoms with Crippen LogP contribution in [0, 0.1) is 0 Å². The highest BCUT2D eigenvalue weighted by molar-refractivity contribution is 5.91. The van der Waals surface area contributed by atoms with Gasteiger partial charge >= 0.3 is 0 Å². The first-order valence-corrected chi connectivity index (χ1v) is 9.22. The van der Waals surface area contributed by atoms with E-state index in [-0.39, 0.29) is 18.4 Å². The number of furan rings is 1. The molecule has 4 rings (SSSR count). The zero-order chi connectivity index (χ0) is 18.6. The summed E-state index contributed by atoms with van der Waals surface area (Å²) < 4.78 is 9.25. The molecule has 1 aliphatic heterocycles. The molecule has 1 atom stereocenters. The average molecular weight is 369 g/mol. The van der Waals surface area contributed by atoms with Crippen LogP contribution in [0.15, 0.2) is 47.3 Å². The van der Waals surface area contributed by atoms with Crippen LogP contribution in [0.1, 0.15) is 40.8 Å². The van der Waals surface area contributed by atoms with Gasteiger partial charge in [0, 0.05) is 37.6 Å². The molecule has 8 nitrogen and oxygen atoms in total. The average Bonchev–Trinajstić information content (AvgIpc) is 3.44. The molecule has 4 heterocycles. The normalized spacial score (nSPS) is 17.4. The summed E-state index contributed by atoms with van der Waals surface area (Å²) in [6.45, 7) is 2.41. The lowest BCUT2D eigenvalue weighted by Crippen LogP contribution is -2.39. The number of rotatable bonds is 6. The Morgan fingerprint density at radius 2 is 2.19 bits per heavy atom. The Balaban J connectivity index is 1.41. The summed E-state index contributed by atoms with van der Waals surface area (Å²) in [5, 5.41) is 17.7. The number of amides is 1. The predicted octanol–water partition coefficient (Wildman–Crippen LogP) is 1.73. The number of likely N-dealkylation sites (tertiary alicyclic amines) is 1. The van der Waals surface area contributed by atoms with E-state index in [1.807, 2.05) is 35.5 Å². The third-order valence-corrected chi connectivity index (χ3v) is 4.87. The third-order valence-electron chi connectivity index (χ3n) is 4.87. The minimum absolute atomic E-state index is 0.0652. The van der Waals surface area contributed by atoms with Crippen molar-refractivity contribution in [3.8, 4) is 0 Å². The summed E-state index contributed by atoms with van der Waals surface area (Å²) in [7, 11) is 0. The maximum absolute atomic E-state index is 12.9. The molecule has 1 amide bonds. The van der Waals surface area contributed by atoms with Crippen molar-refractivity contribution in [3.63, 3.8) is 0 Å². The van der Waals surface area contributed by atoms with Gasteiger partial charge in [-0.05, 0) is 37.1 Å². The van der Waals surface area contributed by atoms with Crippen molar-refractivity contribution >= 4 is 5.91 Å². The van der Waals surface area contributed by atoms with Gasteiger partial charge in [-0.15, -0.1) is 0 Å². The molecule has 0 radical (unpaired) electrons. The van der Waals surface area contributed by atoms with Crippen LogP contribution in [-0.4, -0.2) is 55.2 Å². The zero-order valence-electron chi connectivity index (χ0n) is 15.1. The fraction of sp³-hybridized carbons (Fsp3) is 0.421. The fourth-order valence-corrected chi connectivity index (χ4v) is 3.51. The minimum atomic E-state index is -0.0822. The maximum atomic E-state index is 12.9. The van der Waals surface area contributed by atoms with Gasteiger partial charge in [-0.3, -0.25) is 14.2 Å². The minimum Gasteiger partial charge on any atom is -0.454 e. The second kappa shape index (κ2) is 7.79. The Labute approximate surface area is 157 Å². The Kier molecular flexibility index (Phi) is 5.06. The van der Waals surface area contributed by atoms with Gasteiger partial charge in [0.2, 0.25) is 0 Å². The molecule has 0 spiro atoms. The molecule has 1 saturated heterocycles. The zero-order valence-corrected chi connectivity index (χ0v) is 15.1. The van der Waals surface area contributed by atoms with Crippen molar-refractivity contribution in [2.45, 2.75) is 31.8 Å². The number of hydrogen-bond acceptors (Lipinski definition) is 5. The van der Waals surface area contributed by atoms with E-state index in [1.54, 1.807) is 21.6 Å². The van der Waals surface area contributed by atoms with Crippen molar-refractivity contribution in [3.05, 3.63) is 60.1 Å². The monoisotopic (exact) mass is 369 g/mol. The molecule has 3 aromatic heterocycles. The van der Waals surface area contributed by atoms with Gasteiger partial charge < -0.3 is 14.4 Å². The number of aliphatic hydroxyl groups is 1. The van der Waals surface area contributed by atoms with Gasteiger partial charge in [0.1, 0.15) is 5.76 Å². The molecular weight excluding hydrogens is 346 g/mol. The molecule has 0 aliphatic carbocycles. The van der Waals surface area contributed by atoms with Gasteiger partial charge in [0.15, 0.2) is 5.76 Å². The topological polar surface area (TPSA) is 89.3 Å². The van der Waals surface area contributed by atoms with E-state index in [0.29, 0.717) is 31.2 Å². The summed E-state index contributed by atoms with van der Waals surface area (Å²) in [4.78, 5) is 14.7. The smallest absolute Gasteiger partial charge is 0.289 e. The Hall–Kier alpha value is -2.87. The first-order chi connectivity index (χ1) is 13.2. The van der Waals surface area contributed by atoms with Crippen LogP contribution in [0.4, 0.5) is 0 Å². The van der Waals surface area contributed by atoms with Gasteiger partial charge in [-0.2, -0.15) is 10.2 Å². The molecule has 1 N–H and O–H groups in total. The van der Waals surface area contributed by atoms with E-state index in [2.05, 4.69) is 10.2 Å². The van der Waals surface area contributed by atoms with Crippen LogP contribution in [-0.2, 0) is 13.1 Å². The van der Waals surface area contributed by atoms with Crippen LogP contribution in [0.2, 0.25) is 0 Å². The molecule has 142 valence electrons. The van der Waals surface area contributed by atoms with Crippen LogP contribution in [0.25, 0.3) is 0 Å². The number of piperidine rings is 1. The number of carbonyl (C=O) groups is 1. The van der Waals surface area contributed by atoms with Gasteiger partial charge in [-0.1, -0.05) is 0 Å². The lowest BCUT2D eigenvalue weighted by Gasteiger charge is -2.31. The second-order valence-corrected chi connectivity index (χ2v) is 6.79. The molecule has 1 fully saturated rings. The number of nitrogens with zero attached hydrogens (tertiary/aromatic N) is 5. The molecule has 27 heavy (non-hydrogen) atoms. The molecule has 1 unspecified atom stereocenters. The Bertz CT molecular complexity index is 883.